The minimum Gasteiger partial charge on any atom is -0.393 e. The van der Waals surface area contributed by atoms with Crippen molar-refractivity contribution in [2.24, 2.45) is 5.41 Å². The van der Waals surface area contributed by atoms with Crippen LogP contribution >= 0.6 is 0 Å². The van der Waals surface area contributed by atoms with Gasteiger partial charge in [-0.1, -0.05) is 13.8 Å². The van der Waals surface area contributed by atoms with Gasteiger partial charge in [-0.15, -0.1) is 0 Å². The number of Topliss-reactive ketones (excluding diaryl/α,β-unsaturated/α-hetero) is 1. The highest BCUT2D eigenvalue weighted by molar-refractivity contribution is 6.00. The summed E-state index contributed by atoms with van der Waals surface area (Å²) in [5.41, 5.74) is 6.49. The van der Waals surface area contributed by atoms with Gasteiger partial charge in [0.15, 0.2) is 5.78 Å². The number of rotatable bonds is 3. The number of nitriles is 1. The third kappa shape index (κ3) is 3.65. The quantitative estimate of drug-likeness (QED) is 0.766. The summed E-state index contributed by atoms with van der Waals surface area (Å²) in [6, 6.07) is 8.45. The Balaban J connectivity index is 1.76. The van der Waals surface area contributed by atoms with E-state index in [9.17, 15) is 15.2 Å². The third-order valence-electron chi connectivity index (χ3n) is 6.81. The second-order valence-corrected chi connectivity index (χ2v) is 9.80. The summed E-state index contributed by atoms with van der Waals surface area (Å²) >= 11 is 0. The van der Waals surface area contributed by atoms with Gasteiger partial charge in [-0.25, -0.2) is 0 Å². The van der Waals surface area contributed by atoms with Crippen molar-refractivity contribution in [3.05, 3.63) is 46.3 Å². The number of hydrogen-bond donors (Lipinski definition) is 2. The highest BCUT2D eigenvalue weighted by atomic mass is 16.3. The first-order chi connectivity index (χ1) is 14.2. The molecule has 30 heavy (non-hydrogen) atoms. The molecule has 158 valence electrons. The van der Waals surface area contributed by atoms with Gasteiger partial charge >= 0.3 is 0 Å². The molecule has 0 amide bonds. The standard InChI is InChI=1S/C25H31N3O2/c1-15-16(2)28(22-12-25(3,4)13-23(30)24(15)22)19-8-5-17(14-26)21(11-19)27-18-6-9-20(29)10-7-18/h5,8,11,18,20,27,29H,6-7,9-10,12-13H2,1-4H3. The molecule has 0 aliphatic heterocycles. The van der Waals surface area contributed by atoms with Crippen LogP contribution < -0.4 is 5.32 Å². The zero-order valence-electron chi connectivity index (χ0n) is 18.4. The molecule has 5 nitrogen and oxygen atoms in total. The van der Waals surface area contributed by atoms with Crippen molar-refractivity contribution in [2.45, 2.75) is 78.4 Å². The van der Waals surface area contributed by atoms with Gasteiger partial charge in [0.05, 0.1) is 17.4 Å². The SMILES string of the molecule is Cc1c2c(n(-c3ccc(C#N)c(NC4CCC(O)CC4)c3)c1C)CC(C)(C)CC2=O. The van der Waals surface area contributed by atoms with Crippen molar-refractivity contribution in [1.82, 2.24) is 4.57 Å². The molecule has 0 bridgehead atoms. The van der Waals surface area contributed by atoms with Gasteiger partial charge in [0.2, 0.25) is 0 Å². The van der Waals surface area contributed by atoms with Crippen LogP contribution in [0.2, 0.25) is 0 Å². The maximum absolute atomic E-state index is 12.9. The van der Waals surface area contributed by atoms with Crippen molar-refractivity contribution >= 4 is 11.5 Å². The summed E-state index contributed by atoms with van der Waals surface area (Å²) < 4.78 is 2.21. The van der Waals surface area contributed by atoms with Crippen LogP contribution in [-0.4, -0.2) is 27.6 Å². The lowest BCUT2D eigenvalue weighted by Crippen LogP contribution is -2.29. The van der Waals surface area contributed by atoms with Crippen molar-refractivity contribution in [1.29, 1.82) is 5.26 Å². The Morgan fingerprint density at radius 1 is 1.17 bits per heavy atom. The molecule has 0 saturated heterocycles. The lowest BCUT2D eigenvalue weighted by molar-refractivity contribution is 0.0910. The number of nitrogens with one attached hydrogen (secondary N) is 1. The second kappa shape index (κ2) is 7.59. The molecule has 0 radical (unpaired) electrons. The van der Waals surface area contributed by atoms with E-state index in [-0.39, 0.29) is 23.3 Å². The van der Waals surface area contributed by atoms with E-state index >= 15 is 0 Å². The molecule has 2 aromatic rings. The van der Waals surface area contributed by atoms with Crippen LogP contribution in [0.5, 0.6) is 0 Å². The van der Waals surface area contributed by atoms with Gasteiger partial charge in [0.25, 0.3) is 0 Å². The van der Waals surface area contributed by atoms with E-state index in [2.05, 4.69) is 36.7 Å². The normalized spacial score (nSPS) is 23.0. The van der Waals surface area contributed by atoms with Gasteiger partial charge in [0.1, 0.15) is 6.07 Å². The Bertz CT molecular complexity index is 1030. The van der Waals surface area contributed by atoms with E-state index in [1.807, 2.05) is 25.1 Å². The average molecular weight is 406 g/mol. The van der Waals surface area contributed by atoms with Gasteiger partial charge in [0, 0.05) is 35.1 Å². The van der Waals surface area contributed by atoms with Gasteiger partial charge in [-0.2, -0.15) is 5.26 Å². The fourth-order valence-electron chi connectivity index (χ4n) is 5.13. The molecule has 4 rings (SSSR count). The predicted octanol–water partition coefficient (Wildman–Crippen LogP) is 4.84. The lowest BCUT2D eigenvalue weighted by Gasteiger charge is -2.30. The molecule has 0 spiro atoms. The Labute approximate surface area is 178 Å². The highest BCUT2D eigenvalue weighted by Crippen LogP contribution is 2.40. The van der Waals surface area contributed by atoms with E-state index in [1.165, 1.54) is 0 Å². The van der Waals surface area contributed by atoms with Crippen molar-refractivity contribution < 1.29 is 9.90 Å². The number of fused-ring (bicyclic) bond motifs is 1. The van der Waals surface area contributed by atoms with Crippen LogP contribution in [0.15, 0.2) is 18.2 Å². The predicted molar refractivity (Wildman–Crippen MR) is 118 cm³/mol. The monoisotopic (exact) mass is 405 g/mol. The number of nitrogens with zero attached hydrogens (tertiary/aromatic N) is 2. The fraction of sp³-hybridized carbons (Fsp3) is 0.520. The van der Waals surface area contributed by atoms with E-state index < -0.39 is 0 Å². The van der Waals surface area contributed by atoms with Crippen LogP contribution in [0.25, 0.3) is 5.69 Å². The number of ketones is 1. The van der Waals surface area contributed by atoms with E-state index in [0.29, 0.717) is 12.0 Å². The van der Waals surface area contributed by atoms with Gasteiger partial charge in [-0.05, 0) is 75.1 Å². The van der Waals surface area contributed by atoms with E-state index in [0.717, 1.165) is 66.0 Å². The first kappa shape index (κ1) is 20.7. The number of aliphatic hydroxyl groups is 1. The summed E-state index contributed by atoms with van der Waals surface area (Å²) in [7, 11) is 0. The van der Waals surface area contributed by atoms with Crippen molar-refractivity contribution in [2.75, 3.05) is 5.32 Å². The van der Waals surface area contributed by atoms with Crippen LogP contribution in [-0.2, 0) is 6.42 Å². The molecule has 1 fully saturated rings. The second-order valence-electron chi connectivity index (χ2n) is 9.80. The molecule has 2 aliphatic carbocycles. The molecule has 0 atom stereocenters. The topological polar surface area (TPSA) is 78.1 Å². The number of carbonyl (C=O) groups is 1. The minimum atomic E-state index is -0.206. The minimum absolute atomic E-state index is 0.0598. The van der Waals surface area contributed by atoms with Crippen LogP contribution in [0.1, 0.15) is 78.8 Å². The number of carbonyl (C=O) groups excluding carboxylic acids is 1. The summed E-state index contributed by atoms with van der Waals surface area (Å²) in [6.45, 7) is 8.41. The largest absolute Gasteiger partial charge is 0.393 e. The molecular weight excluding hydrogens is 374 g/mol. The summed E-state index contributed by atoms with van der Waals surface area (Å²) in [5, 5.41) is 23.0. The van der Waals surface area contributed by atoms with Crippen LogP contribution in [0.3, 0.4) is 0 Å². The Kier molecular flexibility index (Phi) is 5.23. The molecule has 1 aromatic heterocycles. The molecule has 1 heterocycles. The molecule has 1 aromatic carbocycles. The summed E-state index contributed by atoms with van der Waals surface area (Å²) in [5.74, 6) is 0.230. The van der Waals surface area contributed by atoms with Crippen molar-refractivity contribution in [3.8, 4) is 11.8 Å². The molecule has 2 aliphatic rings. The third-order valence-corrected chi connectivity index (χ3v) is 6.81. The lowest BCUT2D eigenvalue weighted by atomic mass is 9.75. The fourth-order valence-corrected chi connectivity index (χ4v) is 5.13. The maximum Gasteiger partial charge on any atom is 0.165 e. The maximum atomic E-state index is 12.9. The molecule has 0 unspecified atom stereocenters. The zero-order valence-corrected chi connectivity index (χ0v) is 18.4. The van der Waals surface area contributed by atoms with Crippen LogP contribution in [0.4, 0.5) is 5.69 Å². The summed E-state index contributed by atoms with van der Waals surface area (Å²) in [6.07, 6.45) is 4.61. The van der Waals surface area contributed by atoms with Gasteiger partial charge < -0.3 is 15.0 Å². The number of aromatic nitrogens is 1. The first-order valence-corrected chi connectivity index (χ1v) is 10.9. The smallest absolute Gasteiger partial charge is 0.165 e. The molecule has 5 heteroatoms. The highest BCUT2D eigenvalue weighted by Gasteiger charge is 2.36. The van der Waals surface area contributed by atoms with Crippen molar-refractivity contribution in [3.63, 3.8) is 0 Å². The first-order valence-electron chi connectivity index (χ1n) is 10.9. The van der Waals surface area contributed by atoms with Crippen LogP contribution in [0, 0.1) is 30.6 Å². The molecule has 1 saturated carbocycles. The number of anilines is 1. The van der Waals surface area contributed by atoms with E-state index in [1.54, 1.807) is 0 Å². The number of aliphatic hydroxyl groups excluding tert-OH is 1. The Morgan fingerprint density at radius 2 is 1.87 bits per heavy atom. The molecular formula is C25H31N3O2. The number of benzene rings is 1. The Hall–Kier alpha value is -2.58. The molecule has 2 N–H and O–H groups in total. The summed E-state index contributed by atoms with van der Waals surface area (Å²) in [4.78, 5) is 12.9. The van der Waals surface area contributed by atoms with Gasteiger partial charge in [-0.3, -0.25) is 4.79 Å². The number of hydrogen-bond acceptors (Lipinski definition) is 4. The zero-order chi connectivity index (χ0) is 21.6. The van der Waals surface area contributed by atoms with E-state index in [4.69, 9.17) is 0 Å². The average Bonchev–Trinajstić information content (AvgIpc) is 2.93. The Morgan fingerprint density at radius 3 is 2.53 bits per heavy atom.